The van der Waals surface area contributed by atoms with Crippen molar-refractivity contribution in [1.82, 2.24) is 10.2 Å². The third-order valence-corrected chi connectivity index (χ3v) is 4.09. The average molecular weight is 244 g/mol. The first kappa shape index (κ1) is 11.7. The number of nitrogens with zero attached hydrogens (tertiary/aromatic N) is 1. The van der Waals surface area contributed by atoms with E-state index in [9.17, 15) is 4.79 Å². The van der Waals surface area contributed by atoms with Crippen molar-refractivity contribution >= 4 is 5.91 Å². The number of nitrogens with one attached hydrogen (secondary N) is 1. The van der Waals surface area contributed by atoms with E-state index in [0.29, 0.717) is 17.9 Å². The molecule has 2 heterocycles. The van der Waals surface area contributed by atoms with Gasteiger partial charge in [-0.25, -0.2) is 0 Å². The molecular weight excluding hydrogens is 224 g/mol. The molecule has 1 amide bonds. The van der Waals surface area contributed by atoms with Crippen LogP contribution in [0.2, 0.25) is 0 Å². The highest BCUT2D eigenvalue weighted by Gasteiger charge is 2.31. The minimum absolute atomic E-state index is 0.312. The van der Waals surface area contributed by atoms with Crippen molar-refractivity contribution < 1.29 is 4.79 Å². The lowest BCUT2D eigenvalue weighted by Crippen LogP contribution is -2.45. The molecule has 0 saturated carbocycles. The minimum atomic E-state index is 0.312. The molecule has 1 aromatic carbocycles. The maximum atomic E-state index is 12.3. The molecule has 18 heavy (non-hydrogen) atoms. The number of benzene rings is 1. The normalized spacial score (nSPS) is 24.0. The summed E-state index contributed by atoms with van der Waals surface area (Å²) in [7, 11) is 0. The van der Waals surface area contributed by atoms with E-state index in [1.807, 2.05) is 6.07 Å². The SMILES string of the molecule is O=C(CC1CNC1)N1CCCC1c1ccccc1. The third kappa shape index (κ3) is 2.27. The van der Waals surface area contributed by atoms with Gasteiger partial charge in [-0.1, -0.05) is 30.3 Å². The fourth-order valence-corrected chi connectivity index (χ4v) is 2.94. The Morgan fingerprint density at radius 2 is 2.06 bits per heavy atom. The van der Waals surface area contributed by atoms with Gasteiger partial charge in [-0.3, -0.25) is 4.79 Å². The predicted molar refractivity (Wildman–Crippen MR) is 71.1 cm³/mol. The molecule has 3 nitrogen and oxygen atoms in total. The fourth-order valence-electron chi connectivity index (χ4n) is 2.94. The lowest BCUT2D eigenvalue weighted by atomic mass is 9.98. The number of likely N-dealkylation sites (tertiary alicyclic amines) is 1. The Kier molecular flexibility index (Phi) is 3.33. The van der Waals surface area contributed by atoms with Crippen LogP contribution >= 0.6 is 0 Å². The molecule has 0 radical (unpaired) electrons. The monoisotopic (exact) mass is 244 g/mol. The van der Waals surface area contributed by atoms with Crippen LogP contribution in [-0.4, -0.2) is 30.4 Å². The van der Waals surface area contributed by atoms with Gasteiger partial charge in [0.15, 0.2) is 0 Å². The molecule has 0 bridgehead atoms. The van der Waals surface area contributed by atoms with Gasteiger partial charge in [0.25, 0.3) is 0 Å². The van der Waals surface area contributed by atoms with Gasteiger partial charge >= 0.3 is 0 Å². The van der Waals surface area contributed by atoms with Gasteiger partial charge in [0, 0.05) is 13.0 Å². The van der Waals surface area contributed by atoms with Gasteiger partial charge in [0.2, 0.25) is 5.91 Å². The van der Waals surface area contributed by atoms with Gasteiger partial charge in [-0.05, 0) is 37.4 Å². The average Bonchev–Trinajstić information content (AvgIpc) is 2.84. The first-order valence-corrected chi connectivity index (χ1v) is 6.90. The van der Waals surface area contributed by atoms with Crippen LogP contribution in [0.25, 0.3) is 0 Å². The molecule has 1 aromatic rings. The molecule has 1 N–H and O–H groups in total. The van der Waals surface area contributed by atoms with Crippen molar-refractivity contribution in [3.05, 3.63) is 35.9 Å². The highest BCUT2D eigenvalue weighted by Crippen LogP contribution is 2.32. The topological polar surface area (TPSA) is 32.3 Å². The van der Waals surface area contributed by atoms with Crippen molar-refractivity contribution in [2.24, 2.45) is 5.92 Å². The van der Waals surface area contributed by atoms with Crippen molar-refractivity contribution in [1.29, 1.82) is 0 Å². The molecule has 2 saturated heterocycles. The van der Waals surface area contributed by atoms with Gasteiger partial charge in [0.1, 0.15) is 0 Å². The van der Waals surface area contributed by atoms with E-state index in [0.717, 1.165) is 38.9 Å². The second-order valence-corrected chi connectivity index (χ2v) is 5.38. The molecule has 2 fully saturated rings. The second-order valence-electron chi connectivity index (χ2n) is 5.38. The summed E-state index contributed by atoms with van der Waals surface area (Å²) in [6.07, 6.45) is 2.96. The molecule has 0 aliphatic carbocycles. The zero-order valence-corrected chi connectivity index (χ0v) is 10.6. The molecule has 3 heteroatoms. The predicted octanol–water partition coefficient (Wildman–Crippen LogP) is 1.96. The number of carbonyl (C=O) groups excluding carboxylic acids is 1. The van der Waals surface area contributed by atoms with Gasteiger partial charge in [-0.15, -0.1) is 0 Å². The minimum Gasteiger partial charge on any atom is -0.336 e. The highest BCUT2D eigenvalue weighted by atomic mass is 16.2. The van der Waals surface area contributed by atoms with E-state index in [4.69, 9.17) is 0 Å². The third-order valence-electron chi connectivity index (χ3n) is 4.09. The van der Waals surface area contributed by atoms with E-state index in [-0.39, 0.29) is 0 Å². The van der Waals surface area contributed by atoms with Gasteiger partial charge < -0.3 is 10.2 Å². The molecule has 3 rings (SSSR count). The van der Waals surface area contributed by atoms with Crippen LogP contribution in [0.15, 0.2) is 30.3 Å². The number of rotatable bonds is 3. The smallest absolute Gasteiger partial charge is 0.223 e. The summed E-state index contributed by atoms with van der Waals surface area (Å²) in [4.78, 5) is 14.4. The number of carbonyl (C=O) groups is 1. The lowest BCUT2D eigenvalue weighted by Gasteiger charge is -2.31. The summed E-state index contributed by atoms with van der Waals surface area (Å²) < 4.78 is 0. The Labute approximate surface area is 108 Å². The van der Waals surface area contributed by atoms with Crippen LogP contribution in [0.4, 0.5) is 0 Å². The van der Waals surface area contributed by atoms with Crippen LogP contribution in [0.3, 0.4) is 0 Å². The van der Waals surface area contributed by atoms with E-state index >= 15 is 0 Å². The van der Waals surface area contributed by atoms with Crippen molar-refractivity contribution in [2.75, 3.05) is 19.6 Å². The van der Waals surface area contributed by atoms with E-state index < -0.39 is 0 Å². The van der Waals surface area contributed by atoms with E-state index in [1.54, 1.807) is 0 Å². The van der Waals surface area contributed by atoms with Crippen LogP contribution in [-0.2, 0) is 4.79 Å². The summed E-state index contributed by atoms with van der Waals surface area (Å²) in [5.41, 5.74) is 1.29. The highest BCUT2D eigenvalue weighted by molar-refractivity contribution is 5.77. The first-order chi connectivity index (χ1) is 8.84. The summed E-state index contributed by atoms with van der Waals surface area (Å²) in [6.45, 7) is 2.95. The lowest BCUT2D eigenvalue weighted by molar-refractivity contribution is -0.133. The van der Waals surface area contributed by atoms with Crippen LogP contribution in [0.5, 0.6) is 0 Å². The Hall–Kier alpha value is -1.35. The van der Waals surface area contributed by atoms with Crippen LogP contribution < -0.4 is 5.32 Å². The maximum Gasteiger partial charge on any atom is 0.223 e. The van der Waals surface area contributed by atoms with Crippen LogP contribution in [0.1, 0.15) is 30.9 Å². The zero-order chi connectivity index (χ0) is 12.4. The Morgan fingerprint density at radius 1 is 1.28 bits per heavy atom. The summed E-state index contributed by atoms with van der Waals surface area (Å²) in [5, 5.41) is 3.23. The molecule has 1 atom stereocenters. The number of hydrogen-bond donors (Lipinski definition) is 1. The van der Waals surface area contributed by atoms with Crippen LogP contribution in [0, 0.1) is 5.92 Å². The zero-order valence-electron chi connectivity index (χ0n) is 10.6. The van der Waals surface area contributed by atoms with E-state index in [1.165, 1.54) is 5.56 Å². The number of amides is 1. The first-order valence-electron chi connectivity index (χ1n) is 6.90. The molecule has 96 valence electrons. The molecule has 2 aliphatic heterocycles. The number of hydrogen-bond acceptors (Lipinski definition) is 2. The van der Waals surface area contributed by atoms with Gasteiger partial charge in [0.05, 0.1) is 6.04 Å². The van der Waals surface area contributed by atoms with Crippen molar-refractivity contribution in [3.63, 3.8) is 0 Å². The van der Waals surface area contributed by atoms with Crippen molar-refractivity contribution in [2.45, 2.75) is 25.3 Å². The molecular formula is C15H20N2O. The maximum absolute atomic E-state index is 12.3. The standard InChI is InChI=1S/C15H20N2O/c18-15(9-12-10-16-11-12)17-8-4-7-14(17)13-5-2-1-3-6-13/h1-3,5-6,12,14,16H,4,7-11H2. The quantitative estimate of drug-likeness (QED) is 0.881. The molecule has 0 aromatic heterocycles. The summed E-state index contributed by atoms with van der Waals surface area (Å²) in [5.74, 6) is 0.905. The molecule has 1 unspecified atom stereocenters. The van der Waals surface area contributed by atoms with Crippen molar-refractivity contribution in [3.8, 4) is 0 Å². The fraction of sp³-hybridized carbons (Fsp3) is 0.533. The summed E-state index contributed by atoms with van der Waals surface area (Å²) >= 11 is 0. The molecule has 2 aliphatic rings. The Balaban J connectivity index is 1.68. The van der Waals surface area contributed by atoms with E-state index in [2.05, 4.69) is 34.5 Å². The Bertz CT molecular complexity index is 414. The van der Waals surface area contributed by atoms with Gasteiger partial charge in [-0.2, -0.15) is 0 Å². The second kappa shape index (κ2) is 5.11. The molecule has 0 spiro atoms. The Morgan fingerprint density at radius 3 is 2.72 bits per heavy atom. The summed E-state index contributed by atoms with van der Waals surface area (Å²) in [6, 6.07) is 10.7. The largest absolute Gasteiger partial charge is 0.336 e.